The number of fused-ring (bicyclic) bond motifs is 1. The van der Waals surface area contributed by atoms with Gasteiger partial charge in [0.2, 0.25) is 5.88 Å². The number of amides is 1. The highest BCUT2D eigenvalue weighted by atomic mass is 32.2. The first-order valence-corrected chi connectivity index (χ1v) is 11.9. The van der Waals surface area contributed by atoms with Crippen molar-refractivity contribution in [2.75, 3.05) is 24.3 Å². The molecular weight excluding hydrogens is 448 g/mol. The van der Waals surface area contributed by atoms with Crippen LogP contribution in [0.4, 0.5) is 5.82 Å². The van der Waals surface area contributed by atoms with Crippen LogP contribution in [0.5, 0.6) is 5.88 Å². The number of thioether (sulfide) groups is 1. The number of ether oxygens (including phenoxy) is 2. The standard InChI is InChI=1S/C21H24N6O3S2/c1-4-5-6-29-16-9-23-14(8-24-16)17(28)25-15-11-31-18(26-15)21-12-30-20(2,3)7-13(21)10-32-19(22)27-21/h8-9,11,13H,6-7,10,12H2,1-3H3,(H2,22,27)(H,25,28)/t13-,21-/m0/s1. The van der Waals surface area contributed by atoms with Gasteiger partial charge in [-0.15, -0.1) is 17.3 Å². The molecule has 1 fully saturated rings. The third-order valence-electron chi connectivity index (χ3n) is 5.28. The van der Waals surface area contributed by atoms with Gasteiger partial charge in [0.25, 0.3) is 5.91 Å². The van der Waals surface area contributed by atoms with Crippen LogP contribution in [0, 0.1) is 17.8 Å². The lowest BCUT2D eigenvalue weighted by Gasteiger charge is -2.47. The summed E-state index contributed by atoms with van der Waals surface area (Å²) in [5.74, 6) is 6.92. The van der Waals surface area contributed by atoms with E-state index in [1.165, 1.54) is 23.7 Å². The molecule has 168 valence electrons. The second-order valence-corrected chi connectivity index (χ2v) is 9.98. The SMILES string of the molecule is CC#CCOc1cnc(C(=O)Nc2csc([C@]34COC(C)(C)C[C@H]3CSC(N)=N4)n2)cn1. The number of amidine groups is 1. The summed E-state index contributed by atoms with van der Waals surface area (Å²) in [6, 6.07) is 0. The van der Waals surface area contributed by atoms with Gasteiger partial charge >= 0.3 is 0 Å². The number of hydrogen-bond donors (Lipinski definition) is 2. The molecule has 2 aromatic rings. The lowest BCUT2D eigenvalue weighted by atomic mass is 9.77. The average Bonchev–Trinajstić information content (AvgIpc) is 3.23. The van der Waals surface area contributed by atoms with E-state index in [0.29, 0.717) is 23.5 Å². The van der Waals surface area contributed by atoms with Gasteiger partial charge in [-0.2, -0.15) is 0 Å². The zero-order chi connectivity index (χ0) is 22.8. The highest BCUT2D eigenvalue weighted by Crippen LogP contribution is 2.49. The molecule has 1 amide bonds. The Morgan fingerprint density at radius 3 is 3.00 bits per heavy atom. The summed E-state index contributed by atoms with van der Waals surface area (Å²) >= 11 is 3.00. The quantitative estimate of drug-likeness (QED) is 0.637. The van der Waals surface area contributed by atoms with Crippen molar-refractivity contribution in [2.24, 2.45) is 16.6 Å². The topological polar surface area (TPSA) is 125 Å². The summed E-state index contributed by atoms with van der Waals surface area (Å²) in [7, 11) is 0. The smallest absolute Gasteiger partial charge is 0.277 e. The molecule has 4 heterocycles. The predicted octanol–water partition coefficient (Wildman–Crippen LogP) is 2.66. The zero-order valence-electron chi connectivity index (χ0n) is 18.0. The third-order valence-corrected chi connectivity index (χ3v) is 7.25. The van der Waals surface area contributed by atoms with Gasteiger partial charge < -0.3 is 20.5 Å². The maximum Gasteiger partial charge on any atom is 0.277 e. The van der Waals surface area contributed by atoms with Crippen molar-refractivity contribution in [3.05, 3.63) is 28.5 Å². The lowest BCUT2D eigenvalue weighted by Crippen LogP contribution is -2.52. The van der Waals surface area contributed by atoms with Crippen LogP contribution in [0.15, 0.2) is 22.8 Å². The molecule has 0 spiro atoms. The van der Waals surface area contributed by atoms with Crippen LogP contribution in [-0.4, -0.2) is 50.6 Å². The summed E-state index contributed by atoms with van der Waals surface area (Å²) in [4.78, 5) is 30.2. The van der Waals surface area contributed by atoms with Crippen LogP contribution in [-0.2, 0) is 10.3 Å². The van der Waals surface area contributed by atoms with Crippen molar-refractivity contribution < 1.29 is 14.3 Å². The Hall–Kier alpha value is -2.68. The number of nitrogens with zero attached hydrogens (tertiary/aromatic N) is 4. The summed E-state index contributed by atoms with van der Waals surface area (Å²) in [6.07, 6.45) is 3.60. The summed E-state index contributed by atoms with van der Waals surface area (Å²) in [6.45, 7) is 6.52. The number of thiazole rings is 1. The minimum absolute atomic E-state index is 0.156. The Morgan fingerprint density at radius 2 is 2.25 bits per heavy atom. The van der Waals surface area contributed by atoms with Crippen LogP contribution in [0.3, 0.4) is 0 Å². The number of anilines is 1. The molecule has 3 N–H and O–H groups in total. The molecule has 0 aromatic carbocycles. The molecule has 2 aliphatic heterocycles. The normalized spacial score (nSPS) is 23.8. The maximum atomic E-state index is 12.6. The first kappa shape index (κ1) is 22.5. The van der Waals surface area contributed by atoms with Crippen molar-refractivity contribution in [1.82, 2.24) is 15.0 Å². The minimum atomic E-state index is -0.626. The lowest BCUT2D eigenvalue weighted by molar-refractivity contribution is -0.109. The van der Waals surface area contributed by atoms with Gasteiger partial charge in [-0.1, -0.05) is 17.7 Å². The number of rotatable bonds is 5. The predicted molar refractivity (Wildman–Crippen MR) is 125 cm³/mol. The van der Waals surface area contributed by atoms with Gasteiger partial charge in [0, 0.05) is 17.1 Å². The molecule has 0 unspecified atom stereocenters. The van der Waals surface area contributed by atoms with E-state index in [-0.39, 0.29) is 23.8 Å². The Labute approximate surface area is 194 Å². The average molecular weight is 473 g/mol. The first-order chi connectivity index (χ1) is 15.3. The number of carbonyl (C=O) groups is 1. The first-order valence-electron chi connectivity index (χ1n) is 10.1. The second kappa shape index (κ2) is 9.05. The van der Waals surface area contributed by atoms with Gasteiger partial charge in [-0.3, -0.25) is 4.79 Å². The van der Waals surface area contributed by atoms with Gasteiger partial charge in [-0.05, 0) is 27.2 Å². The van der Waals surface area contributed by atoms with Gasteiger partial charge in [0.1, 0.15) is 22.1 Å². The van der Waals surface area contributed by atoms with E-state index in [0.717, 1.165) is 17.2 Å². The molecule has 2 aliphatic rings. The molecule has 11 heteroatoms. The Morgan fingerprint density at radius 1 is 1.41 bits per heavy atom. The van der Waals surface area contributed by atoms with E-state index in [4.69, 9.17) is 20.2 Å². The molecule has 1 saturated heterocycles. The van der Waals surface area contributed by atoms with E-state index >= 15 is 0 Å². The molecule has 2 atom stereocenters. The Bertz CT molecular complexity index is 1090. The highest BCUT2D eigenvalue weighted by Gasteiger charge is 2.52. The second-order valence-electron chi connectivity index (χ2n) is 8.08. The van der Waals surface area contributed by atoms with Gasteiger partial charge in [0.05, 0.1) is 24.6 Å². The number of hydrogen-bond acceptors (Lipinski definition) is 10. The van der Waals surface area contributed by atoms with Crippen LogP contribution >= 0.6 is 23.1 Å². The fraction of sp³-hybridized carbons (Fsp3) is 0.476. The van der Waals surface area contributed by atoms with E-state index in [1.807, 2.05) is 0 Å². The monoisotopic (exact) mass is 472 g/mol. The molecular formula is C21H24N6O3S2. The van der Waals surface area contributed by atoms with Crippen molar-refractivity contribution >= 4 is 40.0 Å². The van der Waals surface area contributed by atoms with Gasteiger partial charge in [-0.25, -0.2) is 19.9 Å². The maximum absolute atomic E-state index is 12.6. The fourth-order valence-electron chi connectivity index (χ4n) is 3.66. The number of aliphatic imine (C=N–C) groups is 1. The van der Waals surface area contributed by atoms with Crippen molar-refractivity contribution in [1.29, 1.82) is 0 Å². The molecule has 0 saturated carbocycles. The highest BCUT2D eigenvalue weighted by molar-refractivity contribution is 8.13. The molecule has 32 heavy (non-hydrogen) atoms. The number of nitrogens with one attached hydrogen (secondary N) is 1. The Kier molecular flexibility index (Phi) is 6.37. The van der Waals surface area contributed by atoms with Gasteiger partial charge in [0.15, 0.2) is 11.8 Å². The van der Waals surface area contributed by atoms with Crippen LogP contribution in [0.2, 0.25) is 0 Å². The number of carbonyl (C=O) groups excluding carboxylic acids is 1. The van der Waals surface area contributed by atoms with Crippen molar-refractivity contribution in [2.45, 2.75) is 38.3 Å². The molecule has 9 nitrogen and oxygen atoms in total. The fourth-order valence-corrected chi connectivity index (χ4v) is 5.62. The molecule has 0 radical (unpaired) electrons. The van der Waals surface area contributed by atoms with Crippen LogP contribution < -0.4 is 15.8 Å². The van der Waals surface area contributed by atoms with Crippen molar-refractivity contribution in [3.63, 3.8) is 0 Å². The molecule has 2 aromatic heterocycles. The molecule has 0 aliphatic carbocycles. The summed E-state index contributed by atoms with van der Waals surface area (Å²) < 4.78 is 11.4. The third kappa shape index (κ3) is 4.72. The number of aromatic nitrogens is 3. The van der Waals surface area contributed by atoms with Crippen molar-refractivity contribution in [3.8, 4) is 17.7 Å². The summed E-state index contributed by atoms with van der Waals surface area (Å²) in [5.41, 5.74) is 5.39. The van der Waals surface area contributed by atoms with Crippen LogP contribution in [0.25, 0.3) is 0 Å². The zero-order valence-corrected chi connectivity index (χ0v) is 19.7. The summed E-state index contributed by atoms with van der Waals surface area (Å²) in [5, 5.41) is 5.89. The number of nitrogens with two attached hydrogens (primary N) is 1. The van der Waals surface area contributed by atoms with E-state index in [2.05, 4.69) is 46.0 Å². The van der Waals surface area contributed by atoms with E-state index in [1.54, 1.807) is 24.1 Å². The molecule has 0 bridgehead atoms. The minimum Gasteiger partial charge on any atom is -0.463 e. The largest absolute Gasteiger partial charge is 0.463 e. The van der Waals surface area contributed by atoms with E-state index in [9.17, 15) is 4.79 Å². The molecule has 4 rings (SSSR count). The Balaban J connectivity index is 1.49. The van der Waals surface area contributed by atoms with Crippen LogP contribution in [0.1, 0.15) is 42.7 Å². The van der Waals surface area contributed by atoms with E-state index < -0.39 is 11.4 Å².